The normalized spacial score (nSPS) is 10.6. The van der Waals surface area contributed by atoms with E-state index in [1.807, 2.05) is 19.1 Å². The molecule has 1 aromatic carbocycles. The van der Waals surface area contributed by atoms with E-state index in [0.717, 1.165) is 5.56 Å². The lowest BCUT2D eigenvalue weighted by atomic mass is 10.2. The third kappa shape index (κ3) is 4.09. The van der Waals surface area contributed by atoms with Crippen molar-refractivity contribution in [3.8, 4) is 11.5 Å². The Labute approximate surface area is 153 Å². The van der Waals surface area contributed by atoms with Gasteiger partial charge in [-0.15, -0.1) is 10.2 Å². The lowest BCUT2D eigenvalue weighted by Crippen LogP contribution is -2.17. The number of hydrogen-bond acceptors (Lipinski definition) is 6. The summed E-state index contributed by atoms with van der Waals surface area (Å²) < 4.78 is 1.32. The third-order valence-corrected chi connectivity index (χ3v) is 4.54. The lowest BCUT2D eigenvalue weighted by Gasteiger charge is -2.08. The fourth-order valence-corrected chi connectivity index (χ4v) is 2.92. The zero-order valence-electron chi connectivity index (χ0n) is 13.3. The fourth-order valence-electron chi connectivity index (χ4n) is 2.09. The highest BCUT2D eigenvalue weighted by Crippen LogP contribution is 2.22. The minimum Gasteiger partial charge on any atom is -0.335 e. The quantitative estimate of drug-likeness (QED) is 0.526. The highest BCUT2D eigenvalue weighted by Gasteiger charge is 2.14. The first-order chi connectivity index (χ1) is 12.0. The zero-order valence-corrected chi connectivity index (χ0v) is 14.9. The van der Waals surface area contributed by atoms with Crippen LogP contribution in [0.4, 0.5) is 5.69 Å². The highest BCUT2D eigenvalue weighted by atomic mass is 35.5. The van der Waals surface area contributed by atoms with Crippen LogP contribution in [0.2, 0.25) is 5.02 Å². The number of hydrogen-bond donors (Lipinski definition) is 2. The minimum absolute atomic E-state index is 0.142. The lowest BCUT2D eigenvalue weighted by molar-refractivity contribution is -0.113. The van der Waals surface area contributed by atoms with Crippen molar-refractivity contribution in [3.05, 3.63) is 53.2 Å². The molecular formula is C16H15ClN6OS. The van der Waals surface area contributed by atoms with E-state index in [1.165, 1.54) is 16.4 Å². The molecule has 1 amide bonds. The van der Waals surface area contributed by atoms with Crippen molar-refractivity contribution >= 4 is 35.0 Å². The third-order valence-electron chi connectivity index (χ3n) is 3.36. The first-order valence-corrected chi connectivity index (χ1v) is 8.71. The van der Waals surface area contributed by atoms with Gasteiger partial charge in [0, 0.05) is 16.9 Å². The van der Waals surface area contributed by atoms with Crippen molar-refractivity contribution in [2.24, 2.45) is 0 Å². The number of anilines is 1. The minimum atomic E-state index is -0.183. The highest BCUT2D eigenvalue weighted by molar-refractivity contribution is 7.99. The molecule has 2 heterocycles. The molecule has 0 radical (unpaired) electrons. The van der Waals surface area contributed by atoms with E-state index < -0.39 is 0 Å². The van der Waals surface area contributed by atoms with Crippen LogP contribution in [0.15, 0.2) is 47.8 Å². The molecule has 0 saturated heterocycles. The van der Waals surface area contributed by atoms with E-state index in [9.17, 15) is 4.79 Å². The number of halogens is 1. The summed E-state index contributed by atoms with van der Waals surface area (Å²) in [5.41, 5.74) is 2.23. The molecule has 0 spiro atoms. The van der Waals surface area contributed by atoms with E-state index in [2.05, 4.69) is 20.5 Å². The second-order valence-corrected chi connectivity index (χ2v) is 6.57. The Morgan fingerprint density at radius 3 is 2.92 bits per heavy atom. The van der Waals surface area contributed by atoms with Crippen LogP contribution in [0, 0.1) is 6.92 Å². The van der Waals surface area contributed by atoms with Gasteiger partial charge in [-0.25, -0.2) is 4.68 Å². The number of nitrogens with two attached hydrogens (primary N) is 1. The molecule has 0 fully saturated rings. The molecule has 0 aliphatic heterocycles. The molecule has 128 valence electrons. The summed E-state index contributed by atoms with van der Waals surface area (Å²) in [6.45, 7) is 1.90. The number of benzene rings is 1. The maximum atomic E-state index is 12.2. The standard InChI is InChI=1S/C16H15ClN6OS/c1-10-5-6-11(17)8-13(10)20-14(24)9-25-16-22-21-15(23(16)18)12-4-2-3-7-19-12/h2-8H,9,18H2,1H3,(H,20,24). The smallest absolute Gasteiger partial charge is 0.234 e. The molecule has 0 atom stereocenters. The van der Waals surface area contributed by atoms with E-state index in [1.54, 1.807) is 30.5 Å². The number of amides is 1. The van der Waals surface area contributed by atoms with Gasteiger partial charge in [-0.3, -0.25) is 9.78 Å². The zero-order chi connectivity index (χ0) is 17.8. The predicted octanol–water partition coefficient (Wildman–Crippen LogP) is 2.75. The molecular weight excluding hydrogens is 360 g/mol. The summed E-state index contributed by atoms with van der Waals surface area (Å²) in [5.74, 6) is 6.40. The Morgan fingerprint density at radius 1 is 1.32 bits per heavy atom. The maximum absolute atomic E-state index is 12.2. The number of thioether (sulfide) groups is 1. The van der Waals surface area contributed by atoms with Crippen LogP contribution in [-0.2, 0) is 4.79 Å². The van der Waals surface area contributed by atoms with Crippen LogP contribution >= 0.6 is 23.4 Å². The monoisotopic (exact) mass is 374 g/mol. The number of nitrogens with zero attached hydrogens (tertiary/aromatic N) is 4. The molecule has 25 heavy (non-hydrogen) atoms. The number of rotatable bonds is 5. The van der Waals surface area contributed by atoms with Crippen molar-refractivity contribution < 1.29 is 4.79 Å². The SMILES string of the molecule is Cc1ccc(Cl)cc1NC(=O)CSc1nnc(-c2ccccn2)n1N. The summed E-state index contributed by atoms with van der Waals surface area (Å²) >= 11 is 7.15. The van der Waals surface area contributed by atoms with Crippen molar-refractivity contribution in [1.29, 1.82) is 0 Å². The van der Waals surface area contributed by atoms with Gasteiger partial charge < -0.3 is 11.2 Å². The van der Waals surface area contributed by atoms with Gasteiger partial charge in [0.25, 0.3) is 0 Å². The second kappa shape index (κ2) is 7.54. The van der Waals surface area contributed by atoms with Crippen LogP contribution in [-0.4, -0.2) is 31.5 Å². The average molecular weight is 375 g/mol. The number of carbonyl (C=O) groups is 1. The average Bonchev–Trinajstić information content (AvgIpc) is 2.98. The molecule has 0 aliphatic rings. The number of aryl methyl sites for hydroxylation is 1. The molecule has 3 aromatic rings. The van der Waals surface area contributed by atoms with Gasteiger partial charge in [-0.1, -0.05) is 35.5 Å². The molecule has 9 heteroatoms. The molecule has 0 bridgehead atoms. The first-order valence-electron chi connectivity index (χ1n) is 7.35. The van der Waals surface area contributed by atoms with E-state index in [0.29, 0.717) is 27.4 Å². The van der Waals surface area contributed by atoms with E-state index in [-0.39, 0.29) is 11.7 Å². The predicted molar refractivity (Wildman–Crippen MR) is 98.9 cm³/mol. The van der Waals surface area contributed by atoms with Gasteiger partial charge in [0.2, 0.25) is 16.9 Å². The molecule has 3 rings (SSSR count). The second-order valence-electron chi connectivity index (χ2n) is 5.19. The van der Waals surface area contributed by atoms with Gasteiger partial charge in [0.1, 0.15) is 5.69 Å². The largest absolute Gasteiger partial charge is 0.335 e. The van der Waals surface area contributed by atoms with Crippen LogP contribution in [0.25, 0.3) is 11.5 Å². The van der Waals surface area contributed by atoms with Gasteiger partial charge in [-0.2, -0.15) is 0 Å². The van der Waals surface area contributed by atoms with Crippen molar-refractivity contribution in [2.75, 3.05) is 16.9 Å². The number of pyridine rings is 1. The van der Waals surface area contributed by atoms with Crippen molar-refractivity contribution in [3.63, 3.8) is 0 Å². The van der Waals surface area contributed by atoms with Crippen LogP contribution in [0.5, 0.6) is 0 Å². The molecule has 7 nitrogen and oxygen atoms in total. The topological polar surface area (TPSA) is 98.7 Å². The molecule has 3 N–H and O–H groups in total. The summed E-state index contributed by atoms with van der Waals surface area (Å²) in [7, 11) is 0. The van der Waals surface area contributed by atoms with E-state index >= 15 is 0 Å². The Hall–Kier alpha value is -2.58. The van der Waals surface area contributed by atoms with E-state index in [4.69, 9.17) is 17.4 Å². The van der Waals surface area contributed by atoms with Crippen molar-refractivity contribution in [1.82, 2.24) is 19.9 Å². The Kier molecular flexibility index (Phi) is 5.20. The maximum Gasteiger partial charge on any atom is 0.234 e. The van der Waals surface area contributed by atoms with Gasteiger partial charge in [0.15, 0.2) is 0 Å². The number of carbonyl (C=O) groups excluding carboxylic acids is 1. The first kappa shape index (κ1) is 17.2. The van der Waals surface area contributed by atoms with Gasteiger partial charge in [-0.05, 0) is 36.8 Å². The van der Waals surface area contributed by atoms with Gasteiger partial charge in [0.05, 0.1) is 5.75 Å². The summed E-state index contributed by atoms with van der Waals surface area (Å²) in [5, 5.41) is 11.9. The number of nitrogen functional groups attached to an aromatic ring is 1. The number of aromatic nitrogens is 4. The summed E-state index contributed by atoms with van der Waals surface area (Å²) in [4.78, 5) is 16.3. The Balaban J connectivity index is 1.65. The van der Waals surface area contributed by atoms with Crippen LogP contribution in [0.1, 0.15) is 5.56 Å². The Bertz CT molecular complexity index is 899. The number of nitrogens with one attached hydrogen (secondary N) is 1. The molecule has 2 aromatic heterocycles. The molecule has 0 aliphatic carbocycles. The molecule has 0 saturated carbocycles. The van der Waals surface area contributed by atoms with Crippen LogP contribution < -0.4 is 11.2 Å². The Morgan fingerprint density at radius 2 is 2.16 bits per heavy atom. The summed E-state index contributed by atoms with van der Waals surface area (Å²) in [6.07, 6.45) is 1.65. The van der Waals surface area contributed by atoms with Crippen LogP contribution in [0.3, 0.4) is 0 Å². The molecule has 0 unspecified atom stereocenters. The van der Waals surface area contributed by atoms with Gasteiger partial charge >= 0.3 is 0 Å². The van der Waals surface area contributed by atoms with Crippen molar-refractivity contribution in [2.45, 2.75) is 12.1 Å². The summed E-state index contributed by atoms with van der Waals surface area (Å²) in [6, 6.07) is 10.8. The fraction of sp³-hybridized carbons (Fsp3) is 0.125.